The van der Waals surface area contributed by atoms with Gasteiger partial charge in [-0.1, -0.05) is 6.07 Å². The first-order valence-corrected chi connectivity index (χ1v) is 9.12. The molecule has 0 spiro atoms. The van der Waals surface area contributed by atoms with Crippen molar-refractivity contribution in [3.8, 4) is 10.4 Å². The van der Waals surface area contributed by atoms with Gasteiger partial charge in [0.1, 0.15) is 10.6 Å². The maximum atomic E-state index is 12.6. The van der Waals surface area contributed by atoms with Crippen LogP contribution in [-0.4, -0.2) is 37.1 Å². The van der Waals surface area contributed by atoms with E-state index in [2.05, 4.69) is 10.1 Å². The lowest BCUT2D eigenvalue weighted by atomic mass is 10.1. The molecule has 0 fully saturated rings. The second-order valence-electron chi connectivity index (χ2n) is 5.04. The summed E-state index contributed by atoms with van der Waals surface area (Å²) < 4.78 is 9.49. The Morgan fingerprint density at radius 3 is 2.50 bits per heavy atom. The Labute approximate surface area is 157 Å². The molecule has 0 radical (unpaired) electrons. The molecule has 0 saturated carbocycles. The minimum absolute atomic E-state index is 0.158. The Hall–Kier alpha value is -2.72. The van der Waals surface area contributed by atoms with Gasteiger partial charge in [0.2, 0.25) is 5.91 Å². The number of carbonyl (C=O) groups excluding carboxylic acids is 4. The van der Waals surface area contributed by atoms with Gasteiger partial charge in [0, 0.05) is 22.7 Å². The number of rotatable bonds is 5. The predicted molar refractivity (Wildman–Crippen MR) is 97.4 cm³/mol. The van der Waals surface area contributed by atoms with Crippen molar-refractivity contribution >= 4 is 51.6 Å². The fraction of sp³-hybridized carbons (Fsp3) is 0.250. The zero-order chi connectivity index (χ0) is 19.3. The van der Waals surface area contributed by atoms with Crippen molar-refractivity contribution in [3.63, 3.8) is 0 Å². The van der Waals surface area contributed by atoms with E-state index in [1.54, 1.807) is 5.38 Å². The standard InChI is InChI=1S/C16H16N2O6S2/c1-8(13(20)18-16(22)23-3)24-15(21)12-10(11-5-4-6-25-11)7-26-14(12)17-9(2)19/h4-8H,1-3H3,(H,17,19)(H,18,20,22)/t8-/m0/s1. The lowest BCUT2D eigenvalue weighted by Crippen LogP contribution is -2.39. The third kappa shape index (κ3) is 4.67. The van der Waals surface area contributed by atoms with Crippen molar-refractivity contribution in [2.45, 2.75) is 20.0 Å². The number of methoxy groups -OCH3 is 1. The van der Waals surface area contributed by atoms with Crippen molar-refractivity contribution in [2.75, 3.05) is 12.4 Å². The summed E-state index contributed by atoms with van der Waals surface area (Å²) in [6, 6.07) is 3.66. The van der Waals surface area contributed by atoms with Crippen LogP contribution in [0, 0.1) is 0 Å². The first-order valence-electron chi connectivity index (χ1n) is 7.36. The number of amides is 3. The molecule has 3 amide bonds. The molecule has 0 aromatic carbocycles. The monoisotopic (exact) mass is 396 g/mol. The normalized spacial score (nSPS) is 11.3. The Morgan fingerprint density at radius 2 is 1.92 bits per heavy atom. The van der Waals surface area contributed by atoms with E-state index in [4.69, 9.17) is 4.74 Å². The molecule has 2 rings (SSSR count). The van der Waals surface area contributed by atoms with Gasteiger partial charge in [0.15, 0.2) is 6.10 Å². The molecule has 138 valence electrons. The van der Waals surface area contributed by atoms with Crippen LogP contribution in [0.3, 0.4) is 0 Å². The summed E-state index contributed by atoms with van der Waals surface area (Å²) in [7, 11) is 1.11. The summed E-state index contributed by atoms with van der Waals surface area (Å²) in [5, 5.41) is 8.42. The molecule has 8 nitrogen and oxygen atoms in total. The number of anilines is 1. The Kier molecular flexibility index (Phi) is 6.47. The van der Waals surface area contributed by atoms with Gasteiger partial charge in [-0.05, 0) is 18.4 Å². The topological polar surface area (TPSA) is 111 Å². The van der Waals surface area contributed by atoms with E-state index >= 15 is 0 Å². The average molecular weight is 396 g/mol. The molecule has 0 aliphatic carbocycles. The van der Waals surface area contributed by atoms with Crippen LogP contribution in [0.25, 0.3) is 10.4 Å². The van der Waals surface area contributed by atoms with Crippen molar-refractivity contribution in [1.82, 2.24) is 5.32 Å². The van der Waals surface area contributed by atoms with E-state index in [1.165, 1.54) is 36.5 Å². The van der Waals surface area contributed by atoms with Gasteiger partial charge in [-0.3, -0.25) is 14.9 Å². The molecule has 0 bridgehead atoms. The van der Waals surface area contributed by atoms with Crippen molar-refractivity contribution < 1.29 is 28.7 Å². The lowest BCUT2D eigenvalue weighted by Gasteiger charge is -2.13. The smallest absolute Gasteiger partial charge is 0.413 e. The quantitative estimate of drug-likeness (QED) is 0.752. The van der Waals surface area contributed by atoms with Crippen molar-refractivity contribution in [1.29, 1.82) is 0 Å². The highest BCUT2D eigenvalue weighted by molar-refractivity contribution is 7.17. The Bertz CT molecular complexity index is 828. The van der Waals surface area contributed by atoms with Crippen molar-refractivity contribution in [3.05, 3.63) is 28.5 Å². The minimum atomic E-state index is -1.23. The van der Waals surface area contributed by atoms with E-state index in [9.17, 15) is 19.2 Å². The molecule has 0 aliphatic rings. The number of hydrogen-bond donors (Lipinski definition) is 2. The van der Waals surface area contributed by atoms with Gasteiger partial charge in [0.05, 0.1) is 7.11 Å². The summed E-state index contributed by atoms with van der Waals surface area (Å²) >= 11 is 2.60. The molecule has 1 atom stereocenters. The van der Waals surface area contributed by atoms with E-state index in [0.717, 1.165) is 12.0 Å². The van der Waals surface area contributed by atoms with Gasteiger partial charge < -0.3 is 14.8 Å². The third-order valence-electron chi connectivity index (χ3n) is 3.14. The first-order chi connectivity index (χ1) is 12.3. The highest BCUT2D eigenvalue weighted by atomic mass is 32.1. The van der Waals surface area contributed by atoms with Crippen LogP contribution in [0.5, 0.6) is 0 Å². The Balaban J connectivity index is 2.26. The summed E-state index contributed by atoms with van der Waals surface area (Å²) in [5.74, 6) is -1.94. The number of thiophene rings is 2. The van der Waals surface area contributed by atoms with Crippen LogP contribution < -0.4 is 10.6 Å². The van der Waals surface area contributed by atoms with Gasteiger partial charge in [0.25, 0.3) is 5.91 Å². The van der Waals surface area contributed by atoms with Gasteiger partial charge in [-0.25, -0.2) is 9.59 Å². The van der Waals surface area contributed by atoms with Gasteiger partial charge in [-0.2, -0.15) is 0 Å². The van der Waals surface area contributed by atoms with Crippen LogP contribution in [-0.2, 0) is 19.1 Å². The fourth-order valence-corrected chi connectivity index (χ4v) is 3.77. The summed E-state index contributed by atoms with van der Waals surface area (Å²) in [5.41, 5.74) is 0.754. The van der Waals surface area contributed by atoms with Gasteiger partial charge in [-0.15, -0.1) is 22.7 Å². The number of ether oxygens (including phenoxy) is 2. The molecule has 26 heavy (non-hydrogen) atoms. The van der Waals surface area contributed by atoms with E-state index in [0.29, 0.717) is 10.6 Å². The minimum Gasteiger partial charge on any atom is -0.453 e. The summed E-state index contributed by atoms with van der Waals surface area (Å²) in [6.45, 7) is 2.65. The number of carbonyl (C=O) groups is 4. The van der Waals surface area contributed by atoms with Crippen LogP contribution in [0.4, 0.5) is 9.80 Å². The largest absolute Gasteiger partial charge is 0.453 e. The maximum Gasteiger partial charge on any atom is 0.413 e. The maximum absolute atomic E-state index is 12.6. The second-order valence-corrected chi connectivity index (χ2v) is 6.87. The molecule has 0 aliphatic heterocycles. The molecule has 2 aromatic rings. The highest BCUT2D eigenvalue weighted by Crippen LogP contribution is 2.38. The molecular formula is C16H16N2O6S2. The molecular weight excluding hydrogens is 380 g/mol. The molecule has 10 heteroatoms. The predicted octanol–water partition coefficient (Wildman–Crippen LogP) is 2.86. The van der Waals surface area contributed by atoms with Crippen LogP contribution in [0.1, 0.15) is 24.2 Å². The van der Waals surface area contributed by atoms with Gasteiger partial charge >= 0.3 is 12.1 Å². The second kappa shape index (κ2) is 8.59. The highest BCUT2D eigenvalue weighted by Gasteiger charge is 2.27. The number of hydrogen-bond acceptors (Lipinski definition) is 8. The first kappa shape index (κ1) is 19.6. The fourth-order valence-electron chi connectivity index (χ4n) is 1.95. The Morgan fingerprint density at radius 1 is 1.19 bits per heavy atom. The zero-order valence-corrected chi connectivity index (χ0v) is 15.8. The van der Waals surface area contributed by atoms with Crippen molar-refractivity contribution in [2.24, 2.45) is 0 Å². The molecule has 0 saturated heterocycles. The third-order valence-corrected chi connectivity index (χ3v) is 4.93. The summed E-state index contributed by atoms with van der Waals surface area (Å²) in [6.07, 6.45) is -2.19. The van der Waals surface area contributed by atoms with E-state index in [1.807, 2.05) is 22.8 Å². The van der Waals surface area contributed by atoms with Crippen LogP contribution >= 0.6 is 22.7 Å². The SMILES string of the molecule is COC(=O)NC(=O)[C@H](C)OC(=O)c1c(-c2cccs2)csc1NC(C)=O. The van der Waals surface area contributed by atoms with E-state index in [-0.39, 0.29) is 11.5 Å². The lowest BCUT2D eigenvalue weighted by molar-refractivity contribution is -0.128. The molecule has 2 heterocycles. The number of alkyl carbamates (subject to hydrolysis) is 1. The zero-order valence-electron chi connectivity index (χ0n) is 14.2. The number of imide groups is 1. The average Bonchev–Trinajstić information content (AvgIpc) is 3.23. The molecule has 2 aromatic heterocycles. The van der Waals surface area contributed by atoms with E-state index < -0.39 is 24.1 Å². The number of nitrogens with one attached hydrogen (secondary N) is 2. The van der Waals surface area contributed by atoms with Crippen LogP contribution in [0.15, 0.2) is 22.9 Å². The number of esters is 1. The van der Waals surface area contributed by atoms with Crippen LogP contribution in [0.2, 0.25) is 0 Å². The molecule has 2 N–H and O–H groups in total. The molecule has 0 unspecified atom stereocenters. The summed E-state index contributed by atoms with van der Waals surface area (Å²) in [4.78, 5) is 47.8.